The monoisotopic (exact) mass is 395 g/mol. The lowest BCUT2D eigenvalue weighted by Gasteiger charge is -2.38. The van der Waals surface area contributed by atoms with Crippen molar-refractivity contribution in [1.82, 2.24) is 20.2 Å². The number of piperazine rings is 1. The molecule has 1 aromatic carbocycles. The highest BCUT2D eigenvalue weighted by Crippen LogP contribution is 2.19. The van der Waals surface area contributed by atoms with Gasteiger partial charge in [0.1, 0.15) is 11.6 Å². The van der Waals surface area contributed by atoms with Crippen LogP contribution in [0.5, 0.6) is 0 Å². The maximum absolute atomic E-state index is 12.6. The molecule has 0 radical (unpaired) electrons. The summed E-state index contributed by atoms with van der Waals surface area (Å²) in [6.45, 7) is 14.3. The fourth-order valence-electron chi connectivity index (χ4n) is 3.54. The summed E-state index contributed by atoms with van der Waals surface area (Å²) in [5.74, 6) is 2.29. The highest BCUT2D eigenvalue weighted by molar-refractivity contribution is 5.81. The molecule has 6 nitrogen and oxygen atoms in total. The topological polar surface area (TPSA) is 61.4 Å². The summed E-state index contributed by atoms with van der Waals surface area (Å²) in [5, 5.41) is 3.07. The first kappa shape index (κ1) is 21.2. The molecule has 6 heteroatoms. The number of aryl methyl sites for hydroxylation is 2. The SMILES string of the molecule is Cc1ccc(CNC(=O)C(C)N2CCN(c3cc(C)nc(C(C)C)n3)CC2)cc1. The maximum atomic E-state index is 12.6. The maximum Gasteiger partial charge on any atom is 0.237 e. The van der Waals surface area contributed by atoms with E-state index in [1.54, 1.807) is 0 Å². The molecule has 1 fully saturated rings. The summed E-state index contributed by atoms with van der Waals surface area (Å²) >= 11 is 0. The standard InChI is InChI=1S/C23H33N5O/c1-16(2)22-25-18(4)14-21(26-22)28-12-10-27(11-13-28)19(5)23(29)24-15-20-8-6-17(3)7-9-20/h6-9,14,16,19H,10-13,15H2,1-5H3,(H,24,29). The smallest absolute Gasteiger partial charge is 0.237 e. The summed E-state index contributed by atoms with van der Waals surface area (Å²) < 4.78 is 0. The number of benzene rings is 1. The van der Waals surface area contributed by atoms with E-state index < -0.39 is 0 Å². The van der Waals surface area contributed by atoms with Crippen molar-refractivity contribution in [3.8, 4) is 0 Å². The highest BCUT2D eigenvalue weighted by Gasteiger charge is 2.26. The van der Waals surface area contributed by atoms with Crippen LogP contribution in [0.4, 0.5) is 5.82 Å². The van der Waals surface area contributed by atoms with E-state index in [1.165, 1.54) is 5.56 Å². The molecule has 1 amide bonds. The number of amides is 1. The van der Waals surface area contributed by atoms with Gasteiger partial charge in [0.05, 0.1) is 6.04 Å². The van der Waals surface area contributed by atoms with Gasteiger partial charge in [0.15, 0.2) is 0 Å². The molecule has 1 atom stereocenters. The molecule has 3 rings (SSSR count). The van der Waals surface area contributed by atoms with Crippen LogP contribution < -0.4 is 10.2 Å². The second-order valence-electron chi connectivity index (χ2n) is 8.28. The van der Waals surface area contributed by atoms with Crippen LogP contribution in [-0.4, -0.2) is 53.0 Å². The quantitative estimate of drug-likeness (QED) is 0.815. The van der Waals surface area contributed by atoms with Gasteiger partial charge in [0, 0.05) is 50.4 Å². The normalized spacial score (nSPS) is 16.1. The second kappa shape index (κ2) is 9.35. The molecule has 0 aliphatic carbocycles. The number of nitrogens with one attached hydrogen (secondary N) is 1. The van der Waals surface area contributed by atoms with E-state index in [4.69, 9.17) is 4.98 Å². The van der Waals surface area contributed by atoms with Crippen molar-refractivity contribution >= 4 is 11.7 Å². The lowest BCUT2D eigenvalue weighted by atomic mass is 10.1. The fourth-order valence-corrected chi connectivity index (χ4v) is 3.54. The predicted octanol–water partition coefficient (Wildman–Crippen LogP) is 3.04. The lowest BCUT2D eigenvalue weighted by molar-refractivity contribution is -0.126. The first-order valence-corrected chi connectivity index (χ1v) is 10.5. The largest absolute Gasteiger partial charge is 0.354 e. The Morgan fingerprint density at radius 3 is 2.31 bits per heavy atom. The Kier molecular flexibility index (Phi) is 6.85. The van der Waals surface area contributed by atoms with E-state index in [0.29, 0.717) is 12.5 Å². The number of carbonyl (C=O) groups is 1. The van der Waals surface area contributed by atoms with Gasteiger partial charge in [0.25, 0.3) is 0 Å². The third-order valence-electron chi connectivity index (χ3n) is 5.53. The Bertz CT molecular complexity index is 826. The zero-order chi connectivity index (χ0) is 21.0. The molecule has 0 spiro atoms. The molecule has 1 aliphatic heterocycles. The van der Waals surface area contributed by atoms with Gasteiger partial charge >= 0.3 is 0 Å². The van der Waals surface area contributed by atoms with Crippen molar-refractivity contribution in [3.05, 3.63) is 53.0 Å². The number of hydrogen-bond donors (Lipinski definition) is 1. The minimum Gasteiger partial charge on any atom is -0.354 e. The van der Waals surface area contributed by atoms with Crippen LogP contribution in [0.2, 0.25) is 0 Å². The number of hydrogen-bond acceptors (Lipinski definition) is 5. The molecule has 2 aromatic rings. The van der Waals surface area contributed by atoms with Crippen LogP contribution in [-0.2, 0) is 11.3 Å². The van der Waals surface area contributed by atoms with Crippen molar-refractivity contribution in [2.45, 2.75) is 53.1 Å². The van der Waals surface area contributed by atoms with Gasteiger partial charge in [-0.05, 0) is 26.3 Å². The molecule has 29 heavy (non-hydrogen) atoms. The molecule has 156 valence electrons. The fraction of sp³-hybridized carbons (Fsp3) is 0.522. The van der Waals surface area contributed by atoms with Crippen LogP contribution in [0.1, 0.15) is 49.3 Å². The molecule has 1 N–H and O–H groups in total. The minimum atomic E-state index is -0.138. The minimum absolute atomic E-state index is 0.0824. The molecule has 0 bridgehead atoms. The Balaban J connectivity index is 1.53. The summed E-state index contributed by atoms with van der Waals surface area (Å²) in [4.78, 5) is 26.5. The Morgan fingerprint density at radius 1 is 1.03 bits per heavy atom. The van der Waals surface area contributed by atoms with E-state index in [2.05, 4.69) is 71.2 Å². The number of nitrogens with zero attached hydrogens (tertiary/aromatic N) is 4. The molecule has 0 saturated carbocycles. The highest BCUT2D eigenvalue weighted by atomic mass is 16.2. The molecule has 1 aliphatic rings. The number of aromatic nitrogens is 2. The average Bonchev–Trinajstić information content (AvgIpc) is 2.72. The van der Waals surface area contributed by atoms with Gasteiger partial charge in [-0.15, -0.1) is 0 Å². The van der Waals surface area contributed by atoms with Gasteiger partial charge < -0.3 is 10.2 Å². The molecular weight excluding hydrogens is 362 g/mol. The summed E-state index contributed by atoms with van der Waals surface area (Å²) in [5.41, 5.74) is 3.36. The van der Waals surface area contributed by atoms with E-state index in [0.717, 1.165) is 49.1 Å². The lowest BCUT2D eigenvalue weighted by Crippen LogP contribution is -2.54. The van der Waals surface area contributed by atoms with Crippen LogP contribution in [0.15, 0.2) is 30.3 Å². The first-order valence-electron chi connectivity index (χ1n) is 10.5. The van der Waals surface area contributed by atoms with Crippen molar-refractivity contribution in [1.29, 1.82) is 0 Å². The van der Waals surface area contributed by atoms with E-state index in [1.807, 2.05) is 13.8 Å². The zero-order valence-corrected chi connectivity index (χ0v) is 18.3. The van der Waals surface area contributed by atoms with Gasteiger partial charge in [0.2, 0.25) is 5.91 Å². The van der Waals surface area contributed by atoms with E-state index in [-0.39, 0.29) is 11.9 Å². The van der Waals surface area contributed by atoms with Crippen molar-refractivity contribution in [2.75, 3.05) is 31.1 Å². The third-order valence-corrected chi connectivity index (χ3v) is 5.53. The molecule has 1 unspecified atom stereocenters. The van der Waals surface area contributed by atoms with Gasteiger partial charge in [-0.25, -0.2) is 9.97 Å². The molecule has 1 saturated heterocycles. The summed E-state index contributed by atoms with van der Waals surface area (Å²) in [7, 11) is 0. The summed E-state index contributed by atoms with van der Waals surface area (Å²) in [6, 6.07) is 10.2. The van der Waals surface area contributed by atoms with Crippen LogP contribution in [0.3, 0.4) is 0 Å². The second-order valence-corrected chi connectivity index (χ2v) is 8.28. The van der Waals surface area contributed by atoms with Crippen molar-refractivity contribution in [2.24, 2.45) is 0 Å². The Hall–Kier alpha value is -2.47. The van der Waals surface area contributed by atoms with Crippen LogP contribution in [0.25, 0.3) is 0 Å². The molecule has 1 aromatic heterocycles. The Labute approximate surface area is 174 Å². The number of anilines is 1. The van der Waals surface area contributed by atoms with Crippen molar-refractivity contribution in [3.63, 3.8) is 0 Å². The predicted molar refractivity (Wildman–Crippen MR) is 117 cm³/mol. The van der Waals surface area contributed by atoms with Gasteiger partial charge in [-0.3, -0.25) is 9.69 Å². The van der Waals surface area contributed by atoms with E-state index >= 15 is 0 Å². The van der Waals surface area contributed by atoms with Gasteiger partial charge in [-0.1, -0.05) is 43.7 Å². The van der Waals surface area contributed by atoms with Gasteiger partial charge in [-0.2, -0.15) is 0 Å². The molecule has 2 heterocycles. The number of rotatable bonds is 6. The zero-order valence-electron chi connectivity index (χ0n) is 18.3. The third kappa shape index (κ3) is 5.54. The van der Waals surface area contributed by atoms with Crippen LogP contribution >= 0.6 is 0 Å². The summed E-state index contributed by atoms with van der Waals surface area (Å²) in [6.07, 6.45) is 0. The first-order chi connectivity index (χ1) is 13.8. The average molecular weight is 396 g/mol. The van der Waals surface area contributed by atoms with E-state index in [9.17, 15) is 4.79 Å². The molecular formula is C23H33N5O. The number of carbonyl (C=O) groups excluding carboxylic acids is 1. The van der Waals surface area contributed by atoms with Crippen molar-refractivity contribution < 1.29 is 4.79 Å². The van der Waals surface area contributed by atoms with Crippen LogP contribution in [0, 0.1) is 13.8 Å². The Morgan fingerprint density at radius 2 is 1.69 bits per heavy atom.